The topological polar surface area (TPSA) is 119 Å². The number of hydrogen-bond donors (Lipinski definition) is 5. The smallest absolute Gasteiger partial charge is 0.251 e. The molecular formula is C24H25NO6. The lowest BCUT2D eigenvalue weighted by Crippen LogP contribution is -2.55. The first-order chi connectivity index (χ1) is 14.9. The van der Waals surface area contributed by atoms with E-state index in [0.717, 1.165) is 21.9 Å². The van der Waals surface area contributed by atoms with Gasteiger partial charge in [0.15, 0.2) is 0 Å². The highest BCUT2D eigenvalue weighted by molar-refractivity contribution is 5.99. The molecule has 3 aromatic rings. The van der Waals surface area contributed by atoms with Crippen LogP contribution in [-0.4, -0.2) is 64.4 Å². The maximum Gasteiger partial charge on any atom is 0.251 e. The van der Waals surface area contributed by atoms with Crippen LogP contribution in [0.5, 0.6) is 0 Å². The van der Waals surface area contributed by atoms with E-state index >= 15 is 0 Å². The Kier molecular flexibility index (Phi) is 6.04. The van der Waals surface area contributed by atoms with E-state index < -0.39 is 37.1 Å². The fourth-order valence-corrected chi connectivity index (χ4v) is 4.08. The summed E-state index contributed by atoms with van der Waals surface area (Å²) < 4.78 is 5.68. The Balaban J connectivity index is 1.73. The lowest BCUT2D eigenvalue weighted by Gasteiger charge is -2.40. The van der Waals surface area contributed by atoms with Gasteiger partial charge in [0.1, 0.15) is 30.5 Å². The zero-order valence-electron chi connectivity index (χ0n) is 17.0. The lowest BCUT2D eigenvalue weighted by molar-refractivity contribution is -0.231. The SMILES string of the molecule is CNC(=O)c1cccc(-c2cccc3cc([C@H]4O[C@H](CO)[C@@H](O)[C@H](O)[C@@H]4O)ccc23)c1. The summed E-state index contributed by atoms with van der Waals surface area (Å²) >= 11 is 0. The van der Waals surface area contributed by atoms with Crippen LogP contribution in [0.15, 0.2) is 60.7 Å². The normalized spacial score (nSPS) is 26.0. The summed E-state index contributed by atoms with van der Waals surface area (Å²) in [6.45, 7) is -0.471. The number of aliphatic hydroxyl groups excluding tert-OH is 4. The number of ether oxygens (including phenoxy) is 1. The van der Waals surface area contributed by atoms with Gasteiger partial charge in [-0.2, -0.15) is 0 Å². The third kappa shape index (κ3) is 3.94. The number of carbonyl (C=O) groups excluding carboxylic acids is 1. The predicted octanol–water partition coefficient (Wildman–Crippen LogP) is 1.38. The molecule has 0 radical (unpaired) electrons. The molecular weight excluding hydrogens is 398 g/mol. The van der Waals surface area contributed by atoms with Gasteiger partial charge in [-0.15, -0.1) is 0 Å². The molecule has 3 aromatic carbocycles. The van der Waals surface area contributed by atoms with Crippen molar-refractivity contribution in [3.63, 3.8) is 0 Å². The Morgan fingerprint density at radius 3 is 2.48 bits per heavy atom. The van der Waals surface area contributed by atoms with Crippen molar-refractivity contribution in [2.75, 3.05) is 13.7 Å². The number of carbonyl (C=O) groups is 1. The number of nitrogens with one attached hydrogen (secondary N) is 1. The lowest BCUT2D eigenvalue weighted by atomic mass is 9.89. The Bertz CT molecular complexity index is 1100. The maximum absolute atomic E-state index is 12.0. The largest absolute Gasteiger partial charge is 0.394 e. The highest BCUT2D eigenvalue weighted by atomic mass is 16.5. The van der Waals surface area contributed by atoms with Gasteiger partial charge < -0.3 is 30.5 Å². The minimum atomic E-state index is -1.43. The summed E-state index contributed by atoms with van der Waals surface area (Å²) in [4.78, 5) is 12.0. The van der Waals surface area contributed by atoms with Gasteiger partial charge in [0.2, 0.25) is 0 Å². The summed E-state index contributed by atoms with van der Waals surface area (Å²) in [5.74, 6) is -0.160. The number of aliphatic hydroxyl groups is 4. The van der Waals surface area contributed by atoms with Crippen molar-refractivity contribution >= 4 is 16.7 Å². The van der Waals surface area contributed by atoms with E-state index in [-0.39, 0.29) is 5.91 Å². The van der Waals surface area contributed by atoms with Crippen molar-refractivity contribution in [2.24, 2.45) is 0 Å². The van der Waals surface area contributed by atoms with Crippen LogP contribution in [0.25, 0.3) is 21.9 Å². The van der Waals surface area contributed by atoms with E-state index in [4.69, 9.17) is 4.74 Å². The minimum Gasteiger partial charge on any atom is -0.394 e. The van der Waals surface area contributed by atoms with Crippen LogP contribution in [0, 0.1) is 0 Å². The summed E-state index contributed by atoms with van der Waals surface area (Å²) in [7, 11) is 1.59. The molecule has 162 valence electrons. The average molecular weight is 423 g/mol. The van der Waals surface area contributed by atoms with E-state index in [9.17, 15) is 25.2 Å². The molecule has 1 fully saturated rings. The van der Waals surface area contributed by atoms with Crippen LogP contribution in [0.2, 0.25) is 0 Å². The fourth-order valence-electron chi connectivity index (χ4n) is 4.08. The molecule has 31 heavy (non-hydrogen) atoms. The number of fused-ring (bicyclic) bond motifs is 1. The van der Waals surface area contributed by atoms with Gasteiger partial charge in [-0.3, -0.25) is 4.79 Å². The second kappa shape index (κ2) is 8.74. The second-order valence-electron chi connectivity index (χ2n) is 7.70. The van der Waals surface area contributed by atoms with E-state index in [1.165, 1.54) is 0 Å². The van der Waals surface area contributed by atoms with Gasteiger partial charge in [0, 0.05) is 12.6 Å². The molecule has 0 spiro atoms. The highest BCUT2D eigenvalue weighted by Gasteiger charge is 2.43. The van der Waals surface area contributed by atoms with Crippen LogP contribution >= 0.6 is 0 Å². The van der Waals surface area contributed by atoms with E-state index in [1.54, 1.807) is 19.2 Å². The summed E-state index contributed by atoms with van der Waals surface area (Å²) in [5, 5.41) is 44.4. The van der Waals surface area contributed by atoms with Gasteiger partial charge in [0.25, 0.3) is 5.91 Å². The standard InChI is InChI=1S/C24H25NO6/c1-25-24(30)16-6-2-4-14(11-16)17-7-3-5-13-10-15(8-9-18(13)17)23-22(29)21(28)20(27)19(12-26)31-23/h2-11,19-23,26-29H,12H2,1H3,(H,25,30)/t19-,20-,21+,22+,23-/m1/s1. The molecule has 7 heteroatoms. The molecule has 1 aliphatic rings. The van der Waals surface area contributed by atoms with Crippen LogP contribution in [0.1, 0.15) is 22.0 Å². The molecule has 0 aliphatic carbocycles. The van der Waals surface area contributed by atoms with Gasteiger partial charge in [-0.05, 0) is 45.7 Å². The highest BCUT2D eigenvalue weighted by Crippen LogP contribution is 2.36. The van der Waals surface area contributed by atoms with Crippen molar-refractivity contribution in [1.82, 2.24) is 5.32 Å². The predicted molar refractivity (Wildman–Crippen MR) is 115 cm³/mol. The first-order valence-corrected chi connectivity index (χ1v) is 10.1. The molecule has 0 saturated carbocycles. The molecule has 0 aromatic heterocycles. The fraction of sp³-hybridized carbons (Fsp3) is 0.292. The Morgan fingerprint density at radius 1 is 0.968 bits per heavy atom. The van der Waals surface area contributed by atoms with E-state index in [1.807, 2.05) is 48.5 Å². The van der Waals surface area contributed by atoms with Crippen molar-refractivity contribution in [3.05, 3.63) is 71.8 Å². The van der Waals surface area contributed by atoms with Crippen LogP contribution in [-0.2, 0) is 4.74 Å². The number of rotatable bonds is 4. The summed E-state index contributed by atoms with van der Waals surface area (Å²) in [6.07, 6.45) is -6.00. The molecule has 7 nitrogen and oxygen atoms in total. The van der Waals surface area contributed by atoms with Crippen LogP contribution in [0.3, 0.4) is 0 Å². The summed E-state index contributed by atoms with van der Waals surface area (Å²) in [5.41, 5.74) is 3.03. The van der Waals surface area contributed by atoms with Gasteiger partial charge in [-0.1, -0.05) is 42.5 Å². The minimum absolute atomic E-state index is 0.160. The van der Waals surface area contributed by atoms with Crippen molar-refractivity contribution in [2.45, 2.75) is 30.5 Å². The molecule has 1 heterocycles. The zero-order chi connectivity index (χ0) is 22.1. The average Bonchev–Trinajstić information content (AvgIpc) is 2.81. The van der Waals surface area contributed by atoms with E-state index in [0.29, 0.717) is 11.1 Å². The van der Waals surface area contributed by atoms with Crippen molar-refractivity contribution in [3.8, 4) is 11.1 Å². The molecule has 4 rings (SSSR count). The first-order valence-electron chi connectivity index (χ1n) is 10.1. The number of amides is 1. The molecule has 1 amide bonds. The quantitative estimate of drug-likeness (QED) is 0.433. The maximum atomic E-state index is 12.0. The second-order valence-corrected chi connectivity index (χ2v) is 7.70. The Hall–Kier alpha value is -2.81. The number of benzene rings is 3. The molecule has 1 saturated heterocycles. The Labute approximate surface area is 179 Å². The van der Waals surface area contributed by atoms with Crippen LogP contribution < -0.4 is 5.32 Å². The van der Waals surface area contributed by atoms with Gasteiger partial charge in [-0.25, -0.2) is 0 Å². The van der Waals surface area contributed by atoms with Crippen LogP contribution in [0.4, 0.5) is 0 Å². The third-order valence-electron chi connectivity index (χ3n) is 5.79. The zero-order valence-corrected chi connectivity index (χ0v) is 17.0. The van der Waals surface area contributed by atoms with Crippen molar-refractivity contribution < 1.29 is 30.0 Å². The van der Waals surface area contributed by atoms with Gasteiger partial charge >= 0.3 is 0 Å². The molecule has 0 bridgehead atoms. The first kappa shape index (κ1) is 21.4. The van der Waals surface area contributed by atoms with E-state index in [2.05, 4.69) is 5.32 Å². The van der Waals surface area contributed by atoms with Gasteiger partial charge in [0.05, 0.1) is 6.61 Å². The molecule has 5 N–H and O–H groups in total. The molecule has 5 atom stereocenters. The Morgan fingerprint density at radius 2 is 1.74 bits per heavy atom. The third-order valence-corrected chi connectivity index (χ3v) is 5.79. The number of hydrogen-bond acceptors (Lipinski definition) is 6. The summed E-state index contributed by atoms with van der Waals surface area (Å²) in [6, 6.07) is 18.7. The molecule has 0 unspecified atom stereocenters. The van der Waals surface area contributed by atoms with Crippen molar-refractivity contribution in [1.29, 1.82) is 0 Å². The molecule has 1 aliphatic heterocycles. The monoisotopic (exact) mass is 423 g/mol.